The topological polar surface area (TPSA) is 37.8 Å². The number of halogens is 1. The second-order valence-corrected chi connectivity index (χ2v) is 5.51. The SMILES string of the molecule is Cc1cncc(NC2CC2c2ccccc2Br)n1. The molecular formula is C14H14BrN3. The highest BCUT2D eigenvalue weighted by Crippen LogP contribution is 2.45. The Labute approximate surface area is 115 Å². The minimum atomic E-state index is 0.472. The van der Waals surface area contributed by atoms with E-state index < -0.39 is 0 Å². The van der Waals surface area contributed by atoms with Gasteiger partial charge in [-0.1, -0.05) is 34.1 Å². The molecule has 3 nitrogen and oxygen atoms in total. The lowest BCUT2D eigenvalue weighted by Crippen LogP contribution is -2.06. The van der Waals surface area contributed by atoms with Crippen LogP contribution in [0.3, 0.4) is 0 Å². The molecule has 0 aliphatic heterocycles. The van der Waals surface area contributed by atoms with Crippen molar-refractivity contribution in [3.05, 3.63) is 52.4 Å². The molecule has 1 aliphatic rings. The molecule has 0 radical (unpaired) electrons. The third-order valence-corrected chi connectivity index (χ3v) is 3.91. The highest BCUT2D eigenvalue weighted by Gasteiger charge is 2.39. The standard InChI is InChI=1S/C14H14BrN3/c1-9-7-16-8-14(17-9)18-13-6-11(13)10-4-2-3-5-12(10)15/h2-5,7-8,11,13H,6H2,1H3,(H,17,18). The summed E-state index contributed by atoms with van der Waals surface area (Å²) < 4.78 is 1.19. The molecule has 0 saturated heterocycles. The van der Waals surface area contributed by atoms with Crippen molar-refractivity contribution in [1.82, 2.24) is 9.97 Å². The zero-order valence-electron chi connectivity index (χ0n) is 10.1. The average Bonchev–Trinajstić information content (AvgIpc) is 3.09. The van der Waals surface area contributed by atoms with Crippen molar-refractivity contribution >= 4 is 21.7 Å². The van der Waals surface area contributed by atoms with Crippen molar-refractivity contribution < 1.29 is 0 Å². The van der Waals surface area contributed by atoms with Gasteiger partial charge in [0.2, 0.25) is 0 Å². The molecule has 1 aliphatic carbocycles. The molecule has 4 heteroatoms. The summed E-state index contributed by atoms with van der Waals surface area (Å²) in [5.74, 6) is 1.44. The molecule has 3 rings (SSSR count). The van der Waals surface area contributed by atoms with E-state index in [1.165, 1.54) is 10.0 Å². The predicted molar refractivity (Wildman–Crippen MR) is 75.7 cm³/mol. The molecular weight excluding hydrogens is 290 g/mol. The summed E-state index contributed by atoms with van der Waals surface area (Å²) in [4.78, 5) is 8.56. The fourth-order valence-corrected chi connectivity index (χ4v) is 2.78. The lowest BCUT2D eigenvalue weighted by atomic mass is 10.1. The Hall–Kier alpha value is -1.42. The first-order valence-electron chi connectivity index (χ1n) is 6.03. The third kappa shape index (κ3) is 2.38. The molecule has 2 aromatic rings. The van der Waals surface area contributed by atoms with Crippen molar-refractivity contribution in [3.63, 3.8) is 0 Å². The van der Waals surface area contributed by atoms with Crippen molar-refractivity contribution in [1.29, 1.82) is 0 Å². The van der Waals surface area contributed by atoms with Crippen molar-refractivity contribution in [3.8, 4) is 0 Å². The Bertz CT molecular complexity index is 570. The van der Waals surface area contributed by atoms with Crippen LogP contribution in [0.5, 0.6) is 0 Å². The molecule has 1 saturated carbocycles. The molecule has 2 unspecified atom stereocenters. The molecule has 1 N–H and O–H groups in total. The molecule has 1 aromatic carbocycles. The Morgan fingerprint density at radius 3 is 2.89 bits per heavy atom. The van der Waals surface area contributed by atoms with Crippen molar-refractivity contribution in [2.45, 2.75) is 25.3 Å². The molecule has 0 spiro atoms. The summed E-state index contributed by atoms with van der Waals surface area (Å²) in [6, 6.07) is 8.88. The number of nitrogens with zero attached hydrogens (tertiary/aromatic N) is 2. The first-order valence-corrected chi connectivity index (χ1v) is 6.83. The van der Waals surface area contributed by atoms with Gasteiger partial charge in [0.1, 0.15) is 5.82 Å². The smallest absolute Gasteiger partial charge is 0.145 e. The van der Waals surface area contributed by atoms with E-state index in [0.29, 0.717) is 12.0 Å². The van der Waals surface area contributed by atoms with Crippen LogP contribution in [0, 0.1) is 6.92 Å². The first-order chi connectivity index (χ1) is 8.74. The van der Waals surface area contributed by atoms with Gasteiger partial charge in [-0.15, -0.1) is 0 Å². The van der Waals surface area contributed by atoms with Gasteiger partial charge < -0.3 is 5.32 Å². The number of hydrogen-bond donors (Lipinski definition) is 1. The summed E-state index contributed by atoms with van der Waals surface area (Å²) in [6.07, 6.45) is 4.70. The largest absolute Gasteiger partial charge is 0.365 e. The Kier molecular flexibility index (Phi) is 3.04. The first kappa shape index (κ1) is 11.7. The molecule has 1 fully saturated rings. The number of aromatic nitrogens is 2. The van der Waals surface area contributed by atoms with E-state index in [2.05, 4.69) is 49.4 Å². The highest BCUT2D eigenvalue weighted by molar-refractivity contribution is 9.10. The van der Waals surface area contributed by atoms with Gasteiger partial charge in [0.15, 0.2) is 0 Å². The lowest BCUT2D eigenvalue weighted by Gasteiger charge is -2.06. The van der Waals surface area contributed by atoms with E-state index in [9.17, 15) is 0 Å². The second kappa shape index (κ2) is 4.69. The van der Waals surface area contributed by atoms with Crippen LogP contribution >= 0.6 is 15.9 Å². The number of anilines is 1. The van der Waals surface area contributed by atoms with E-state index in [4.69, 9.17) is 0 Å². The van der Waals surface area contributed by atoms with Gasteiger partial charge >= 0.3 is 0 Å². The van der Waals surface area contributed by atoms with Crippen LogP contribution in [0.15, 0.2) is 41.1 Å². The second-order valence-electron chi connectivity index (χ2n) is 4.66. The van der Waals surface area contributed by atoms with Crippen molar-refractivity contribution in [2.75, 3.05) is 5.32 Å². The molecule has 18 heavy (non-hydrogen) atoms. The summed E-state index contributed by atoms with van der Waals surface area (Å²) in [5.41, 5.74) is 2.31. The Balaban J connectivity index is 1.70. The summed E-state index contributed by atoms with van der Waals surface area (Å²) in [6.45, 7) is 1.95. The Morgan fingerprint density at radius 2 is 2.11 bits per heavy atom. The fraction of sp³-hybridized carbons (Fsp3) is 0.286. The minimum Gasteiger partial charge on any atom is -0.365 e. The molecule has 1 heterocycles. The van der Waals surface area contributed by atoms with Gasteiger partial charge in [-0.3, -0.25) is 4.98 Å². The maximum Gasteiger partial charge on any atom is 0.145 e. The van der Waals surface area contributed by atoms with E-state index in [1.54, 1.807) is 12.4 Å². The van der Waals surface area contributed by atoms with Crippen LogP contribution in [0.25, 0.3) is 0 Å². The van der Waals surface area contributed by atoms with Crippen molar-refractivity contribution in [2.24, 2.45) is 0 Å². The zero-order chi connectivity index (χ0) is 12.5. The van der Waals surface area contributed by atoms with Crippen LogP contribution in [0.4, 0.5) is 5.82 Å². The Morgan fingerprint density at radius 1 is 1.28 bits per heavy atom. The molecule has 0 amide bonds. The monoisotopic (exact) mass is 303 g/mol. The van der Waals surface area contributed by atoms with Gasteiger partial charge in [0.05, 0.1) is 11.9 Å². The maximum absolute atomic E-state index is 4.42. The molecule has 1 aromatic heterocycles. The number of benzene rings is 1. The predicted octanol–water partition coefficient (Wildman–Crippen LogP) is 3.52. The number of hydrogen-bond acceptors (Lipinski definition) is 3. The zero-order valence-corrected chi connectivity index (χ0v) is 11.7. The van der Waals surface area contributed by atoms with Gasteiger partial charge in [0.25, 0.3) is 0 Å². The molecule has 92 valence electrons. The van der Waals surface area contributed by atoms with Gasteiger partial charge in [-0.25, -0.2) is 4.98 Å². The summed E-state index contributed by atoms with van der Waals surface area (Å²) in [7, 11) is 0. The average molecular weight is 304 g/mol. The lowest BCUT2D eigenvalue weighted by molar-refractivity contribution is 1.00. The normalized spacial score (nSPS) is 21.7. The fourth-order valence-electron chi connectivity index (χ4n) is 2.20. The van der Waals surface area contributed by atoms with Crippen LogP contribution in [0.1, 0.15) is 23.6 Å². The van der Waals surface area contributed by atoms with Gasteiger partial charge in [-0.05, 0) is 25.0 Å². The molecule has 0 bridgehead atoms. The van der Waals surface area contributed by atoms with Crippen LogP contribution < -0.4 is 5.32 Å². The summed E-state index contributed by atoms with van der Waals surface area (Å²) >= 11 is 3.61. The third-order valence-electron chi connectivity index (χ3n) is 3.18. The highest BCUT2D eigenvalue weighted by atomic mass is 79.9. The van der Waals surface area contributed by atoms with E-state index in [0.717, 1.165) is 17.9 Å². The summed E-state index contributed by atoms with van der Waals surface area (Å²) in [5, 5.41) is 3.44. The van der Waals surface area contributed by atoms with Crippen LogP contribution in [-0.4, -0.2) is 16.0 Å². The number of nitrogens with one attached hydrogen (secondary N) is 1. The van der Waals surface area contributed by atoms with E-state index >= 15 is 0 Å². The van der Waals surface area contributed by atoms with E-state index in [1.807, 2.05) is 13.0 Å². The number of rotatable bonds is 3. The number of aryl methyl sites for hydroxylation is 1. The van der Waals surface area contributed by atoms with Gasteiger partial charge in [0, 0.05) is 22.6 Å². The van der Waals surface area contributed by atoms with E-state index in [-0.39, 0.29) is 0 Å². The molecule has 2 atom stereocenters. The minimum absolute atomic E-state index is 0.472. The maximum atomic E-state index is 4.42. The quantitative estimate of drug-likeness (QED) is 0.943. The van der Waals surface area contributed by atoms with Crippen LogP contribution in [-0.2, 0) is 0 Å². The van der Waals surface area contributed by atoms with Crippen LogP contribution in [0.2, 0.25) is 0 Å². The van der Waals surface area contributed by atoms with Gasteiger partial charge in [-0.2, -0.15) is 0 Å².